The van der Waals surface area contributed by atoms with Crippen LogP contribution in [0.25, 0.3) is 6.08 Å². The van der Waals surface area contributed by atoms with Crippen LogP contribution in [0.4, 0.5) is 0 Å². The SMILES string of the molecule is CCCOc1ccc(/C=C(\C)C(=O)c2cc(OC)cc(OC)c2)cc1. The highest BCUT2D eigenvalue weighted by Gasteiger charge is 2.12. The highest BCUT2D eigenvalue weighted by molar-refractivity contribution is 6.11. The molecule has 2 aromatic carbocycles. The van der Waals surface area contributed by atoms with Crippen molar-refractivity contribution in [3.63, 3.8) is 0 Å². The predicted molar refractivity (Wildman–Crippen MR) is 99.8 cm³/mol. The van der Waals surface area contributed by atoms with Gasteiger partial charge in [0.05, 0.1) is 20.8 Å². The summed E-state index contributed by atoms with van der Waals surface area (Å²) in [5.41, 5.74) is 2.12. The predicted octanol–water partition coefficient (Wildman–Crippen LogP) is 4.78. The van der Waals surface area contributed by atoms with Crippen LogP contribution in [0.3, 0.4) is 0 Å². The Balaban J connectivity index is 2.20. The molecule has 4 heteroatoms. The van der Waals surface area contributed by atoms with E-state index in [0.29, 0.717) is 29.2 Å². The molecule has 0 amide bonds. The Morgan fingerprint density at radius 2 is 1.56 bits per heavy atom. The summed E-state index contributed by atoms with van der Waals surface area (Å²) in [6.45, 7) is 4.57. The summed E-state index contributed by atoms with van der Waals surface area (Å²) < 4.78 is 16.0. The fourth-order valence-electron chi connectivity index (χ4n) is 2.36. The molecule has 0 saturated heterocycles. The summed E-state index contributed by atoms with van der Waals surface area (Å²) in [7, 11) is 3.13. The van der Waals surface area contributed by atoms with Gasteiger partial charge in [0.15, 0.2) is 5.78 Å². The Labute approximate surface area is 149 Å². The van der Waals surface area contributed by atoms with E-state index >= 15 is 0 Å². The second-order valence-corrected chi connectivity index (χ2v) is 5.68. The van der Waals surface area contributed by atoms with Crippen molar-refractivity contribution < 1.29 is 19.0 Å². The third-order valence-corrected chi connectivity index (χ3v) is 3.71. The maximum atomic E-state index is 12.7. The minimum atomic E-state index is -0.0662. The molecule has 2 aromatic rings. The molecule has 2 rings (SSSR count). The summed E-state index contributed by atoms with van der Waals surface area (Å²) in [6.07, 6.45) is 2.83. The molecule has 4 nitrogen and oxygen atoms in total. The van der Waals surface area contributed by atoms with Gasteiger partial charge in [0, 0.05) is 11.6 Å². The lowest BCUT2D eigenvalue weighted by Crippen LogP contribution is -2.02. The Bertz CT molecular complexity index is 723. The number of hydrogen-bond donors (Lipinski definition) is 0. The molecule has 132 valence electrons. The molecule has 0 fully saturated rings. The second-order valence-electron chi connectivity index (χ2n) is 5.68. The maximum absolute atomic E-state index is 12.7. The zero-order chi connectivity index (χ0) is 18.2. The average molecular weight is 340 g/mol. The molecule has 0 aliphatic carbocycles. The molecule has 0 spiro atoms. The summed E-state index contributed by atoms with van der Waals surface area (Å²) in [5, 5.41) is 0. The quantitative estimate of drug-likeness (QED) is 0.512. The lowest BCUT2D eigenvalue weighted by Gasteiger charge is -2.08. The fourth-order valence-corrected chi connectivity index (χ4v) is 2.36. The highest BCUT2D eigenvalue weighted by Crippen LogP contribution is 2.25. The van der Waals surface area contributed by atoms with Crippen LogP contribution in [0.15, 0.2) is 48.0 Å². The second kappa shape index (κ2) is 8.92. The molecule has 0 N–H and O–H groups in total. The van der Waals surface area contributed by atoms with E-state index in [-0.39, 0.29) is 5.78 Å². The van der Waals surface area contributed by atoms with Gasteiger partial charge in [-0.2, -0.15) is 0 Å². The van der Waals surface area contributed by atoms with Gasteiger partial charge in [-0.05, 0) is 54.8 Å². The number of ether oxygens (including phenoxy) is 3. The van der Waals surface area contributed by atoms with E-state index in [4.69, 9.17) is 14.2 Å². The van der Waals surface area contributed by atoms with Crippen LogP contribution in [0.5, 0.6) is 17.2 Å². The molecule has 0 aromatic heterocycles. The van der Waals surface area contributed by atoms with Crippen LogP contribution < -0.4 is 14.2 Å². The average Bonchev–Trinajstić information content (AvgIpc) is 2.66. The van der Waals surface area contributed by atoms with Gasteiger partial charge in [-0.25, -0.2) is 0 Å². The van der Waals surface area contributed by atoms with Gasteiger partial charge in [0.2, 0.25) is 0 Å². The molecular weight excluding hydrogens is 316 g/mol. The number of allylic oxidation sites excluding steroid dienone is 1. The van der Waals surface area contributed by atoms with Gasteiger partial charge in [0.25, 0.3) is 0 Å². The Morgan fingerprint density at radius 3 is 2.08 bits per heavy atom. The van der Waals surface area contributed by atoms with Crippen molar-refractivity contribution in [3.8, 4) is 17.2 Å². The van der Waals surface area contributed by atoms with Crippen molar-refractivity contribution >= 4 is 11.9 Å². The number of benzene rings is 2. The zero-order valence-corrected chi connectivity index (χ0v) is 15.2. The third kappa shape index (κ3) is 5.11. The minimum Gasteiger partial charge on any atom is -0.497 e. The van der Waals surface area contributed by atoms with Gasteiger partial charge >= 0.3 is 0 Å². The third-order valence-electron chi connectivity index (χ3n) is 3.71. The fraction of sp³-hybridized carbons (Fsp3) is 0.286. The van der Waals surface area contributed by atoms with E-state index in [1.807, 2.05) is 30.3 Å². The van der Waals surface area contributed by atoms with Crippen LogP contribution >= 0.6 is 0 Å². The van der Waals surface area contributed by atoms with Crippen LogP contribution in [-0.4, -0.2) is 26.6 Å². The van der Waals surface area contributed by atoms with E-state index in [1.54, 1.807) is 39.3 Å². The first-order chi connectivity index (χ1) is 12.1. The molecule has 0 saturated carbocycles. The number of Topliss-reactive ketones (excluding diaryl/α,β-unsaturated/α-hetero) is 1. The van der Waals surface area contributed by atoms with E-state index in [9.17, 15) is 4.79 Å². The monoisotopic (exact) mass is 340 g/mol. The van der Waals surface area contributed by atoms with Crippen molar-refractivity contribution in [1.82, 2.24) is 0 Å². The minimum absolute atomic E-state index is 0.0662. The first-order valence-corrected chi connectivity index (χ1v) is 8.26. The molecule has 0 atom stereocenters. The van der Waals surface area contributed by atoms with Gasteiger partial charge in [-0.15, -0.1) is 0 Å². The number of carbonyl (C=O) groups is 1. The first kappa shape index (κ1) is 18.6. The molecule has 25 heavy (non-hydrogen) atoms. The maximum Gasteiger partial charge on any atom is 0.189 e. The topological polar surface area (TPSA) is 44.8 Å². The number of methoxy groups -OCH3 is 2. The van der Waals surface area contributed by atoms with Crippen molar-refractivity contribution in [2.24, 2.45) is 0 Å². The van der Waals surface area contributed by atoms with E-state index in [0.717, 1.165) is 17.7 Å². The molecule has 0 radical (unpaired) electrons. The van der Waals surface area contributed by atoms with Crippen molar-refractivity contribution in [2.45, 2.75) is 20.3 Å². The molecule has 0 heterocycles. The number of hydrogen-bond acceptors (Lipinski definition) is 4. The Morgan fingerprint density at radius 1 is 0.960 bits per heavy atom. The van der Waals surface area contributed by atoms with Crippen LogP contribution in [0.2, 0.25) is 0 Å². The Kier molecular flexibility index (Phi) is 6.63. The zero-order valence-electron chi connectivity index (χ0n) is 15.2. The van der Waals surface area contributed by atoms with E-state index in [1.165, 1.54) is 0 Å². The van der Waals surface area contributed by atoms with Crippen molar-refractivity contribution in [3.05, 3.63) is 59.2 Å². The van der Waals surface area contributed by atoms with Gasteiger partial charge in [0.1, 0.15) is 17.2 Å². The molecule has 0 bridgehead atoms. The lowest BCUT2D eigenvalue weighted by molar-refractivity contribution is 0.103. The smallest absolute Gasteiger partial charge is 0.189 e. The van der Waals surface area contributed by atoms with Crippen LogP contribution in [-0.2, 0) is 0 Å². The normalized spacial score (nSPS) is 11.1. The summed E-state index contributed by atoms with van der Waals surface area (Å²) in [5.74, 6) is 1.95. The number of rotatable bonds is 8. The van der Waals surface area contributed by atoms with Crippen LogP contribution in [0.1, 0.15) is 36.2 Å². The van der Waals surface area contributed by atoms with Gasteiger partial charge < -0.3 is 14.2 Å². The summed E-state index contributed by atoms with van der Waals surface area (Å²) in [4.78, 5) is 12.7. The largest absolute Gasteiger partial charge is 0.497 e. The number of ketones is 1. The molecule has 0 unspecified atom stereocenters. The van der Waals surface area contributed by atoms with E-state index < -0.39 is 0 Å². The number of carbonyl (C=O) groups excluding carboxylic acids is 1. The first-order valence-electron chi connectivity index (χ1n) is 8.26. The van der Waals surface area contributed by atoms with Crippen molar-refractivity contribution in [1.29, 1.82) is 0 Å². The molecule has 0 aliphatic heterocycles. The van der Waals surface area contributed by atoms with E-state index in [2.05, 4.69) is 6.92 Å². The van der Waals surface area contributed by atoms with Gasteiger partial charge in [-0.3, -0.25) is 4.79 Å². The standard InChI is InChI=1S/C21H24O4/c1-5-10-25-18-8-6-16(7-9-18)11-15(2)21(22)17-12-19(23-3)14-20(13-17)24-4/h6-9,11-14H,5,10H2,1-4H3/b15-11+. The summed E-state index contributed by atoms with van der Waals surface area (Å²) >= 11 is 0. The van der Waals surface area contributed by atoms with Crippen LogP contribution in [0, 0.1) is 0 Å². The lowest BCUT2D eigenvalue weighted by atomic mass is 10.0. The highest BCUT2D eigenvalue weighted by atomic mass is 16.5. The Hall–Kier alpha value is -2.75. The van der Waals surface area contributed by atoms with Gasteiger partial charge in [-0.1, -0.05) is 19.1 Å². The molecule has 0 aliphatic rings. The summed E-state index contributed by atoms with van der Waals surface area (Å²) in [6, 6.07) is 12.9. The van der Waals surface area contributed by atoms with Crippen molar-refractivity contribution in [2.75, 3.05) is 20.8 Å². The molecular formula is C21H24O4.